The van der Waals surface area contributed by atoms with Crippen LogP contribution >= 0.6 is 0 Å². The maximum atomic E-state index is 13.4. The second-order valence-electron chi connectivity index (χ2n) is 7.33. The van der Waals surface area contributed by atoms with Crippen molar-refractivity contribution in [2.75, 3.05) is 18.0 Å². The zero-order valence-corrected chi connectivity index (χ0v) is 16.3. The number of imidazole rings is 1. The molecule has 0 amide bonds. The molecule has 1 unspecified atom stereocenters. The monoisotopic (exact) mass is 418 g/mol. The van der Waals surface area contributed by atoms with E-state index in [2.05, 4.69) is 19.9 Å². The maximum Gasteiger partial charge on any atom is 0.433 e. The Morgan fingerprint density at radius 3 is 2.40 bits per heavy atom. The van der Waals surface area contributed by atoms with Crippen LogP contribution in [0.5, 0.6) is 0 Å². The molecule has 0 saturated carbocycles. The highest BCUT2D eigenvalue weighted by molar-refractivity contribution is 5.57. The first-order valence-electron chi connectivity index (χ1n) is 9.60. The number of alkyl halides is 3. The lowest BCUT2D eigenvalue weighted by atomic mass is 9.90. The fourth-order valence-corrected chi connectivity index (χ4v) is 3.69. The minimum Gasteiger partial charge on any atom is -0.385 e. The first-order valence-corrected chi connectivity index (χ1v) is 9.60. The molecule has 1 N–H and O–H groups in total. The largest absolute Gasteiger partial charge is 0.433 e. The van der Waals surface area contributed by atoms with Crippen LogP contribution in [-0.2, 0) is 13.2 Å². The Morgan fingerprint density at radius 1 is 1.10 bits per heavy atom. The molecule has 1 aliphatic heterocycles. The number of hydrogen-bond acceptors (Lipinski definition) is 6. The van der Waals surface area contributed by atoms with Crippen LogP contribution in [0.2, 0.25) is 0 Å². The van der Waals surface area contributed by atoms with Gasteiger partial charge in [0.15, 0.2) is 11.5 Å². The highest BCUT2D eigenvalue weighted by atomic mass is 19.4. The summed E-state index contributed by atoms with van der Waals surface area (Å²) in [6.45, 7) is 0.965. The van der Waals surface area contributed by atoms with Crippen LogP contribution < -0.4 is 4.90 Å². The topological polar surface area (TPSA) is 80.0 Å². The van der Waals surface area contributed by atoms with Gasteiger partial charge in [-0.05, 0) is 30.9 Å². The van der Waals surface area contributed by atoms with E-state index in [-0.39, 0.29) is 17.6 Å². The van der Waals surface area contributed by atoms with Gasteiger partial charge in [0, 0.05) is 56.6 Å². The van der Waals surface area contributed by atoms with Gasteiger partial charge in [0.25, 0.3) is 0 Å². The summed E-state index contributed by atoms with van der Waals surface area (Å²) in [5.41, 5.74) is -0.507. The van der Waals surface area contributed by atoms with E-state index in [1.807, 2.05) is 11.9 Å². The lowest BCUT2D eigenvalue weighted by molar-refractivity contribution is -0.141. The van der Waals surface area contributed by atoms with Gasteiger partial charge < -0.3 is 14.6 Å². The van der Waals surface area contributed by atoms with E-state index in [4.69, 9.17) is 0 Å². The molecule has 3 aromatic heterocycles. The Kier molecular flexibility index (Phi) is 5.42. The Bertz CT molecular complexity index is 999. The molecule has 1 fully saturated rings. The number of aliphatic hydroxyl groups excluding tert-OH is 1. The number of aryl methyl sites for hydroxylation is 1. The summed E-state index contributed by atoms with van der Waals surface area (Å²) in [5, 5.41) is 10.6. The minimum atomic E-state index is -4.58. The van der Waals surface area contributed by atoms with Gasteiger partial charge in [0.05, 0.1) is 0 Å². The van der Waals surface area contributed by atoms with Crippen LogP contribution in [0.15, 0.2) is 43.0 Å². The van der Waals surface area contributed by atoms with Crippen molar-refractivity contribution in [3.8, 4) is 11.4 Å². The lowest BCUT2D eigenvalue weighted by Gasteiger charge is -2.35. The fourth-order valence-electron chi connectivity index (χ4n) is 3.69. The molecule has 158 valence electrons. The molecule has 7 nitrogen and oxygen atoms in total. The first-order chi connectivity index (χ1) is 14.3. The third kappa shape index (κ3) is 4.13. The predicted molar refractivity (Wildman–Crippen MR) is 103 cm³/mol. The molecule has 4 heterocycles. The summed E-state index contributed by atoms with van der Waals surface area (Å²) in [5.74, 6) is 0.812. The highest BCUT2D eigenvalue weighted by Crippen LogP contribution is 2.34. The zero-order valence-electron chi connectivity index (χ0n) is 16.3. The standard InChI is InChI=1S/C20H21F3N6O/c1-28-11-8-25-19(28)17(30)13-4-9-29(10-5-13)16-12-15(20(21,22)23)26-18(27-16)14-2-6-24-7-3-14/h2-3,6-8,11-13,17,30H,4-5,9-10H2,1H3. The van der Waals surface area contributed by atoms with Crippen LogP contribution in [0.3, 0.4) is 0 Å². The normalized spacial score (nSPS) is 16.6. The highest BCUT2D eigenvalue weighted by Gasteiger charge is 2.35. The van der Waals surface area contributed by atoms with E-state index in [1.165, 1.54) is 12.4 Å². The molecule has 0 spiro atoms. The number of aliphatic hydroxyl groups is 1. The molecule has 0 radical (unpaired) electrons. The average molecular weight is 418 g/mol. The number of nitrogens with zero attached hydrogens (tertiary/aromatic N) is 6. The van der Waals surface area contributed by atoms with Crippen LogP contribution in [0.25, 0.3) is 11.4 Å². The van der Waals surface area contributed by atoms with E-state index in [0.29, 0.717) is 37.3 Å². The molecule has 30 heavy (non-hydrogen) atoms. The van der Waals surface area contributed by atoms with Gasteiger partial charge in [0.2, 0.25) is 0 Å². The van der Waals surface area contributed by atoms with E-state index in [0.717, 1.165) is 6.07 Å². The summed E-state index contributed by atoms with van der Waals surface area (Å²) in [7, 11) is 1.82. The van der Waals surface area contributed by atoms with Gasteiger partial charge in [-0.3, -0.25) is 4.98 Å². The number of hydrogen-bond donors (Lipinski definition) is 1. The average Bonchev–Trinajstić information content (AvgIpc) is 3.19. The molecule has 10 heteroatoms. The number of rotatable bonds is 4. The van der Waals surface area contributed by atoms with Gasteiger partial charge in [-0.15, -0.1) is 0 Å². The third-order valence-electron chi connectivity index (χ3n) is 5.37. The van der Waals surface area contributed by atoms with Crippen molar-refractivity contribution in [1.82, 2.24) is 24.5 Å². The molecule has 1 aliphatic rings. The van der Waals surface area contributed by atoms with Crippen LogP contribution in [0.1, 0.15) is 30.5 Å². The summed E-state index contributed by atoms with van der Waals surface area (Å²) in [6.07, 6.45) is 2.32. The van der Waals surface area contributed by atoms with E-state index in [1.54, 1.807) is 29.1 Å². The Hall–Kier alpha value is -3.01. The molecular formula is C20H21F3N6O. The van der Waals surface area contributed by atoms with Crippen molar-refractivity contribution in [3.05, 3.63) is 54.5 Å². The van der Waals surface area contributed by atoms with E-state index < -0.39 is 18.0 Å². The number of halogens is 3. The summed E-state index contributed by atoms with van der Waals surface area (Å²) in [4.78, 5) is 18.0. The SMILES string of the molecule is Cn1ccnc1C(O)C1CCN(c2cc(C(F)(F)F)nc(-c3ccncc3)n2)CC1. The summed E-state index contributed by atoms with van der Waals surface area (Å²) >= 11 is 0. The number of pyridine rings is 1. The summed E-state index contributed by atoms with van der Waals surface area (Å²) < 4.78 is 42.1. The fraction of sp³-hybridized carbons (Fsp3) is 0.400. The van der Waals surface area contributed by atoms with Gasteiger partial charge in [-0.2, -0.15) is 13.2 Å². The molecular weight excluding hydrogens is 397 g/mol. The van der Waals surface area contributed by atoms with E-state index in [9.17, 15) is 18.3 Å². The quantitative estimate of drug-likeness (QED) is 0.701. The molecule has 1 atom stereocenters. The third-order valence-corrected chi connectivity index (χ3v) is 5.37. The van der Waals surface area contributed by atoms with Crippen LogP contribution in [0, 0.1) is 5.92 Å². The molecule has 0 aromatic carbocycles. The second kappa shape index (κ2) is 8.02. The predicted octanol–water partition coefficient (Wildman–Crippen LogP) is 3.24. The minimum absolute atomic E-state index is 0.0115. The number of aromatic nitrogens is 5. The lowest BCUT2D eigenvalue weighted by Crippen LogP contribution is -2.37. The van der Waals surface area contributed by atoms with Crippen molar-refractivity contribution in [1.29, 1.82) is 0 Å². The number of piperidine rings is 1. The molecule has 3 aromatic rings. The molecule has 1 saturated heterocycles. The van der Waals surface area contributed by atoms with Crippen molar-refractivity contribution in [2.45, 2.75) is 25.1 Å². The second-order valence-corrected chi connectivity index (χ2v) is 7.33. The van der Waals surface area contributed by atoms with Gasteiger partial charge in [-0.1, -0.05) is 0 Å². The Labute approximate surface area is 171 Å². The molecule has 4 rings (SSSR count). The number of anilines is 1. The smallest absolute Gasteiger partial charge is 0.385 e. The van der Waals surface area contributed by atoms with Crippen molar-refractivity contribution in [2.24, 2.45) is 13.0 Å². The van der Waals surface area contributed by atoms with Gasteiger partial charge in [-0.25, -0.2) is 15.0 Å². The van der Waals surface area contributed by atoms with E-state index >= 15 is 0 Å². The molecule has 0 bridgehead atoms. The summed E-state index contributed by atoms with van der Waals surface area (Å²) in [6, 6.07) is 4.14. The Morgan fingerprint density at radius 2 is 1.80 bits per heavy atom. The van der Waals surface area contributed by atoms with Crippen molar-refractivity contribution >= 4 is 5.82 Å². The van der Waals surface area contributed by atoms with Gasteiger partial charge in [0.1, 0.15) is 17.7 Å². The maximum absolute atomic E-state index is 13.4. The van der Waals surface area contributed by atoms with Crippen molar-refractivity contribution in [3.63, 3.8) is 0 Å². The van der Waals surface area contributed by atoms with Crippen LogP contribution in [0.4, 0.5) is 19.0 Å². The van der Waals surface area contributed by atoms with Crippen LogP contribution in [-0.4, -0.2) is 42.7 Å². The Balaban J connectivity index is 1.56. The zero-order chi connectivity index (χ0) is 21.3. The van der Waals surface area contributed by atoms with Crippen molar-refractivity contribution < 1.29 is 18.3 Å². The van der Waals surface area contributed by atoms with Gasteiger partial charge >= 0.3 is 6.18 Å². The molecule has 0 aliphatic carbocycles. The first kappa shape index (κ1) is 20.3.